The Morgan fingerprint density at radius 2 is 2.00 bits per heavy atom. The molecule has 2 rings (SSSR count). The van der Waals surface area contributed by atoms with E-state index in [1.54, 1.807) is 0 Å². The largest absolute Gasteiger partial charge is 0.493 e. The fourth-order valence-corrected chi connectivity index (χ4v) is 2.79. The van der Waals surface area contributed by atoms with Gasteiger partial charge < -0.3 is 14.2 Å². The highest BCUT2D eigenvalue weighted by Crippen LogP contribution is 2.34. The molecule has 1 fully saturated rings. The molecule has 25 heavy (non-hydrogen) atoms. The molecular formula is C15H13F2NO6S. The number of hydrogen-bond acceptors (Lipinski definition) is 7. The predicted octanol–water partition coefficient (Wildman–Crippen LogP) is 2.51. The smallest absolute Gasteiger partial charge is 0.387 e. The molecule has 2 amide bonds. The zero-order valence-corrected chi connectivity index (χ0v) is 14.0. The Bertz CT molecular complexity index is 737. The maximum absolute atomic E-state index is 12.3. The van der Waals surface area contributed by atoms with E-state index in [-0.39, 0.29) is 16.4 Å². The van der Waals surface area contributed by atoms with Crippen molar-refractivity contribution in [1.29, 1.82) is 0 Å². The predicted molar refractivity (Wildman–Crippen MR) is 84.3 cm³/mol. The Balaban J connectivity index is 2.24. The Labute approximate surface area is 145 Å². The Kier molecular flexibility index (Phi) is 5.97. The highest BCUT2D eigenvalue weighted by Gasteiger charge is 2.36. The third kappa shape index (κ3) is 4.47. The van der Waals surface area contributed by atoms with Crippen LogP contribution < -0.4 is 9.47 Å². The summed E-state index contributed by atoms with van der Waals surface area (Å²) >= 11 is 0.656. The van der Waals surface area contributed by atoms with Crippen LogP contribution >= 0.6 is 11.8 Å². The summed E-state index contributed by atoms with van der Waals surface area (Å²) in [6.45, 7) is -3.49. The normalized spacial score (nSPS) is 15.9. The van der Waals surface area contributed by atoms with Crippen molar-refractivity contribution in [1.82, 2.24) is 4.90 Å². The quantitative estimate of drug-likeness (QED) is 0.560. The lowest BCUT2D eigenvalue weighted by molar-refractivity contribution is -0.143. The summed E-state index contributed by atoms with van der Waals surface area (Å²) < 4.78 is 38.3. The van der Waals surface area contributed by atoms with Crippen LogP contribution in [0.2, 0.25) is 0 Å². The summed E-state index contributed by atoms with van der Waals surface area (Å²) in [4.78, 5) is 36.1. The molecule has 0 unspecified atom stereocenters. The number of ether oxygens (including phenoxy) is 3. The zero-order valence-electron chi connectivity index (χ0n) is 13.2. The van der Waals surface area contributed by atoms with Crippen LogP contribution in [0.4, 0.5) is 13.6 Å². The summed E-state index contributed by atoms with van der Waals surface area (Å²) in [5.41, 5.74) is 0.432. The number of esters is 1. The molecule has 0 spiro atoms. The summed E-state index contributed by atoms with van der Waals surface area (Å²) in [5, 5.41) is -0.605. The number of imide groups is 1. The molecule has 0 aromatic heterocycles. The molecule has 0 atom stereocenters. The van der Waals surface area contributed by atoms with Crippen molar-refractivity contribution in [3.05, 3.63) is 28.7 Å². The second-order valence-electron chi connectivity index (χ2n) is 4.63. The van der Waals surface area contributed by atoms with E-state index < -0.39 is 30.3 Å². The summed E-state index contributed by atoms with van der Waals surface area (Å²) in [5.74, 6) is -1.48. The van der Waals surface area contributed by atoms with E-state index in [1.807, 2.05) is 0 Å². The minimum absolute atomic E-state index is 0.0443. The lowest BCUT2D eigenvalue weighted by Gasteiger charge is -2.10. The number of carbonyl (C=O) groups is 3. The minimum Gasteiger partial charge on any atom is -0.493 e. The van der Waals surface area contributed by atoms with E-state index in [2.05, 4.69) is 9.47 Å². The highest BCUT2D eigenvalue weighted by molar-refractivity contribution is 8.18. The lowest BCUT2D eigenvalue weighted by atomic mass is 10.2. The van der Waals surface area contributed by atoms with E-state index in [1.165, 1.54) is 31.4 Å². The van der Waals surface area contributed by atoms with E-state index in [9.17, 15) is 23.2 Å². The van der Waals surface area contributed by atoms with Crippen LogP contribution in [0.1, 0.15) is 5.56 Å². The van der Waals surface area contributed by atoms with Crippen LogP contribution in [-0.2, 0) is 14.3 Å². The van der Waals surface area contributed by atoms with E-state index in [4.69, 9.17) is 4.74 Å². The average Bonchev–Trinajstić information content (AvgIpc) is 2.83. The minimum atomic E-state index is -3.01. The van der Waals surface area contributed by atoms with Gasteiger partial charge in [0.05, 0.1) is 19.1 Å². The Morgan fingerprint density at radius 1 is 1.28 bits per heavy atom. The van der Waals surface area contributed by atoms with Crippen LogP contribution in [0.5, 0.6) is 11.5 Å². The summed E-state index contributed by atoms with van der Waals surface area (Å²) in [6.07, 6.45) is 1.39. The second-order valence-corrected chi connectivity index (χ2v) is 5.63. The van der Waals surface area contributed by atoms with Gasteiger partial charge in [0.25, 0.3) is 11.1 Å². The third-order valence-corrected chi connectivity index (χ3v) is 4.00. The Morgan fingerprint density at radius 3 is 2.60 bits per heavy atom. The van der Waals surface area contributed by atoms with Gasteiger partial charge in [-0.3, -0.25) is 19.3 Å². The number of rotatable bonds is 6. The first-order valence-corrected chi connectivity index (χ1v) is 7.62. The van der Waals surface area contributed by atoms with Crippen molar-refractivity contribution in [2.24, 2.45) is 0 Å². The summed E-state index contributed by atoms with van der Waals surface area (Å²) in [6, 6.07) is 4.07. The topological polar surface area (TPSA) is 82.1 Å². The zero-order chi connectivity index (χ0) is 18.6. The molecule has 1 aliphatic rings. The van der Waals surface area contributed by atoms with E-state index >= 15 is 0 Å². The maximum atomic E-state index is 12.3. The van der Waals surface area contributed by atoms with Gasteiger partial charge in [-0.05, 0) is 35.5 Å². The van der Waals surface area contributed by atoms with Gasteiger partial charge in [-0.2, -0.15) is 8.78 Å². The van der Waals surface area contributed by atoms with Gasteiger partial charge in [-0.25, -0.2) is 0 Å². The molecular weight excluding hydrogens is 360 g/mol. The first kappa shape index (κ1) is 18.7. The van der Waals surface area contributed by atoms with E-state index in [0.717, 1.165) is 12.0 Å². The van der Waals surface area contributed by atoms with Gasteiger partial charge >= 0.3 is 12.6 Å². The van der Waals surface area contributed by atoms with Gasteiger partial charge in [0, 0.05) is 0 Å². The number of alkyl halides is 2. The van der Waals surface area contributed by atoms with Crippen molar-refractivity contribution in [2.75, 3.05) is 20.8 Å². The van der Waals surface area contributed by atoms with Gasteiger partial charge in [0.1, 0.15) is 6.54 Å². The molecule has 1 saturated heterocycles. The van der Waals surface area contributed by atoms with Gasteiger partial charge in [0.2, 0.25) is 0 Å². The van der Waals surface area contributed by atoms with Gasteiger partial charge in [-0.15, -0.1) is 0 Å². The number of hydrogen-bond donors (Lipinski definition) is 0. The molecule has 1 aromatic carbocycles. The highest BCUT2D eigenvalue weighted by atomic mass is 32.2. The molecule has 0 bridgehead atoms. The van der Waals surface area contributed by atoms with Gasteiger partial charge in [0.15, 0.2) is 11.5 Å². The third-order valence-electron chi connectivity index (χ3n) is 3.09. The van der Waals surface area contributed by atoms with Crippen LogP contribution in [0, 0.1) is 0 Å². The summed E-state index contributed by atoms with van der Waals surface area (Å²) in [7, 11) is 2.42. The van der Waals surface area contributed by atoms with Crippen molar-refractivity contribution in [3.8, 4) is 11.5 Å². The van der Waals surface area contributed by atoms with Crippen molar-refractivity contribution < 1.29 is 37.4 Å². The first-order chi connectivity index (χ1) is 11.8. The molecule has 134 valence electrons. The number of thioether (sulfide) groups is 1. The maximum Gasteiger partial charge on any atom is 0.387 e. The number of amides is 2. The number of methoxy groups -OCH3 is 2. The molecule has 0 N–H and O–H groups in total. The fraction of sp³-hybridized carbons (Fsp3) is 0.267. The molecule has 0 aliphatic carbocycles. The molecule has 1 heterocycles. The molecule has 1 aliphatic heterocycles. The lowest BCUT2D eigenvalue weighted by Crippen LogP contribution is -2.34. The number of halogens is 2. The number of benzene rings is 1. The first-order valence-electron chi connectivity index (χ1n) is 6.80. The molecule has 7 nitrogen and oxygen atoms in total. The van der Waals surface area contributed by atoms with Crippen molar-refractivity contribution in [3.63, 3.8) is 0 Å². The molecule has 0 saturated carbocycles. The average molecular weight is 373 g/mol. The van der Waals surface area contributed by atoms with Crippen LogP contribution in [-0.4, -0.2) is 49.4 Å². The van der Waals surface area contributed by atoms with Crippen molar-refractivity contribution in [2.45, 2.75) is 6.61 Å². The standard InChI is InChI=1S/C15H13F2NO6S/c1-22-10-5-8(3-4-9(10)24-14(16)17)6-11-13(20)18(15(21)25-11)7-12(19)23-2/h3-6,14H,7H2,1-2H3/b11-6-. The van der Waals surface area contributed by atoms with Crippen LogP contribution in [0.3, 0.4) is 0 Å². The number of carbonyl (C=O) groups excluding carboxylic acids is 3. The molecule has 0 radical (unpaired) electrons. The number of nitrogens with zero attached hydrogens (tertiary/aromatic N) is 1. The molecule has 1 aromatic rings. The van der Waals surface area contributed by atoms with Gasteiger partial charge in [-0.1, -0.05) is 6.07 Å². The van der Waals surface area contributed by atoms with Crippen LogP contribution in [0.15, 0.2) is 23.1 Å². The SMILES string of the molecule is COC(=O)CN1C(=O)S/C(=C\c2ccc(OC(F)F)c(OC)c2)C1=O. The van der Waals surface area contributed by atoms with Crippen molar-refractivity contribution >= 4 is 35.0 Å². The second kappa shape index (κ2) is 7.97. The fourth-order valence-electron chi connectivity index (χ4n) is 1.95. The molecule has 10 heteroatoms. The monoisotopic (exact) mass is 373 g/mol. The van der Waals surface area contributed by atoms with Crippen LogP contribution in [0.25, 0.3) is 6.08 Å². The Hall–Kier alpha value is -2.62. The van der Waals surface area contributed by atoms with E-state index in [0.29, 0.717) is 17.3 Å².